The van der Waals surface area contributed by atoms with Gasteiger partial charge in [0.15, 0.2) is 11.6 Å². The second-order valence-corrected chi connectivity index (χ2v) is 4.40. The molecule has 0 aliphatic rings. The van der Waals surface area contributed by atoms with Crippen molar-refractivity contribution in [1.29, 1.82) is 0 Å². The van der Waals surface area contributed by atoms with E-state index in [0.717, 1.165) is 24.8 Å². The predicted octanol–water partition coefficient (Wildman–Crippen LogP) is 4.49. The Bertz CT molecular complexity index is 351. The summed E-state index contributed by atoms with van der Waals surface area (Å²) in [5.41, 5.74) is 6.70. The van der Waals surface area contributed by atoms with Crippen LogP contribution in [0.2, 0.25) is 5.02 Å². The molecule has 2 nitrogen and oxygen atoms in total. The first-order valence-corrected chi connectivity index (χ1v) is 6.35. The Morgan fingerprint density at radius 3 is 2.56 bits per heavy atom. The number of ether oxygens (including phenoxy) is 1. The lowest BCUT2D eigenvalue weighted by atomic mass is 10.0. The van der Waals surface area contributed by atoms with E-state index < -0.39 is 5.82 Å². The standard InChI is InChI=1S/C13H19ClFNO.ClH/c1-3-5-6-12(16)9-7-10(14)13(17-4-2)11(15)8-9;/h7-8,12H,3-6,16H2,1-2H3;1H/t12-;/m1./s1. The predicted molar refractivity (Wildman–Crippen MR) is 76.3 cm³/mol. The van der Waals surface area contributed by atoms with Crippen LogP contribution < -0.4 is 10.5 Å². The molecule has 0 aliphatic heterocycles. The minimum atomic E-state index is -0.443. The zero-order valence-corrected chi connectivity index (χ0v) is 12.3. The van der Waals surface area contributed by atoms with Gasteiger partial charge >= 0.3 is 0 Å². The van der Waals surface area contributed by atoms with E-state index in [1.165, 1.54) is 6.07 Å². The summed E-state index contributed by atoms with van der Waals surface area (Å²) in [4.78, 5) is 0. The summed E-state index contributed by atoms with van der Waals surface area (Å²) < 4.78 is 18.9. The Morgan fingerprint density at radius 2 is 2.06 bits per heavy atom. The molecule has 0 amide bonds. The third-order valence-electron chi connectivity index (χ3n) is 2.61. The molecular formula is C13H20Cl2FNO. The first-order valence-electron chi connectivity index (χ1n) is 5.97. The largest absolute Gasteiger partial charge is 0.489 e. The number of nitrogens with two attached hydrogens (primary N) is 1. The van der Waals surface area contributed by atoms with E-state index in [4.69, 9.17) is 22.1 Å². The van der Waals surface area contributed by atoms with E-state index in [2.05, 4.69) is 6.92 Å². The van der Waals surface area contributed by atoms with E-state index in [1.54, 1.807) is 13.0 Å². The van der Waals surface area contributed by atoms with Crippen LogP contribution in [0, 0.1) is 5.82 Å². The lowest BCUT2D eigenvalue weighted by Crippen LogP contribution is -2.11. The van der Waals surface area contributed by atoms with Crippen molar-refractivity contribution in [2.24, 2.45) is 5.73 Å². The van der Waals surface area contributed by atoms with Crippen LogP contribution in [0.25, 0.3) is 0 Å². The molecule has 0 fully saturated rings. The molecule has 18 heavy (non-hydrogen) atoms. The molecule has 1 rings (SSSR count). The van der Waals surface area contributed by atoms with Crippen molar-refractivity contribution in [3.05, 3.63) is 28.5 Å². The van der Waals surface area contributed by atoms with Gasteiger partial charge in [0.1, 0.15) is 0 Å². The van der Waals surface area contributed by atoms with Gasteiger partial charge in [-0.05, 0) is 31.0 Å². The van der Waals surface area contributed by atoms with Crippen LogP contribution in [0.4, 0.5) is 4.39 Å². The molecule has 0 unspecified atom stereocenters. The summed E-state index contributed by atoms with van der Waals surface area (Å²) in [7, 11) is 0. The maximum atomic E-state index is 13.7. The fraction of sp³-hybridized carbons (Fsp3) is 0.538. The van der Waals surface area contributed by atoms with Crippen LogP contribution in [0.5, 0.6) is 5.75 Å². The van der Waals surface area contributed by atoms with Crippen LogP contribution in [-0.2, 0) is 0 Å². The monoisotopic (exact) mass is 295 g/mol. The lowest BCUT2D eigenvalue weighted by Gasteiger charge is -2.14. The second-order valence-electron chi connectivity index (χ2n) is 4.00. The summed E-state index contributed by atoms with van der Waals surface area (Å²) in [6.07, 6.45) is 2.93. The van der Waals surface area contributed by atoms with Crippen molar-refractivity contribution >= 4 is 24.0 Å². The van der Waals surface area contributed by atoms with Crippen molar-refractivity contribution in [1.82, 2.24) is 0 Å². The number of hydrogen-bond donors (Lipinski definition) is 1. The van der Waals surface area contributed by atoms with Gasteiger partial charge in [0.2, 0.25) is 0 Å². The molecule has 0 saturated heterocycles. The van der Waals surface area contributed by atoms with Gasteiger partial charge < -0.3 is 10.5 Å². The van der Waals surface area contributed by atoms with E-state index in [0.29, 0.717) is 6.61 Å². The van der Waals surface area contributed by atoms with Gasteiger partial charge in [-0.3, -0.25) is 0 Å². The van der Waals surface area contributed by atoms with Gasteiger partial charge in [-0.2, -0.15) is 0 Å². The van der Waals surface area contributed by atoms with Crippen molar-refractivity contribution < 1.29 is 9.13 Å². The van der Waals surface area contributed by atoms with E-state index in [9.17, 15) is 4.39 Å². The molecule has 5 heteroatoms. The summed E-state index contributed by atoms with van der Waals surface area (Å²) in [5, 5.41) is 0.286. The number of hydrogen-bond acceptors (Lipinski definition) is 2. The average Bonchev–Trinajstić information content (AvgIpc) is 2.30. The number of rotatable bonds is 6. The lowest BCUT2D eigenvalue weighted by molar-refractivity contribution is 0.321. The molecule has 0 radical (unpaired) electrons. The van der Waals surface area contributed by atoms with Crippen LogP contribution in [0.1, 0.15) is 44.7 Å². The summed E-state index contributed by atoms with van der Waals surface area (Å²) in [6, 6.07) is 2.94. The highest BCUT2D eigenvalue weighted by Crippen LogP contribution is 2.31. The Kier molecular flexibility index (Phi) is 8.32. The van der Waals surface area contributed by atoms with Gasteiger partial charge in [-0.1, -0.05) is 31.4 Å². The summed E-state index contributed by atoms with van der Waals surface area (Å²) >= 11 is 5.97. The van der Waals surface area contributed by atoms with Gasteiger partial charge in [0.05, 0.1) is 11.6 Å². The van der Waals surface area contributed by atoms with Gasteiger partial charge in [-0.15, -0.1) is 12.4 Å². The first-order chi connectivity index (χ1) is 8.10. The SMILES string of the molecule is CCCC[C@@H](N)c1cc(F)c(OCC)c(Cl)c1.Cl. The number of benzene rings is 1. The second kappa shape index (κ2) is 8.57. The van der Waals surface area contributed by atoms with E-state index in [-0.39, 0.29) is 29.2 Å². The zero-order valence-electron chi connectivity index (χ0n) is 10.7. The molecule has 104 valence electrons. The Balaban J connectivity index is 0.00000289. The molecule has 0 bridgehead atoms. The van der Waals surface area contributed by atoms with Gasteiger partial charge in [0, 0.05) is 6.04 Å². The minimum absolute atomic E-state index is 0. The smallest absolute Gasteiger partial charge is 0.173 e. The Morgan fingerprint density at radius 1 is 1.39 bits per heavy atom. The third kappa shape index (κ3) is 4.63. The van der Waals surface area contributed by atoms with Crippen molar-refractivity contribution in [3.8, 4) is 5.75 Å². The maximum Gasteiger partial charge on any atom is 0.173 e. The first kappa shape index (κ1) is 17.5. The molecule has 0 aromatic heterocycles. The molecule has 0 spiro atoms. The fourth-order valence-electron chi connectivity index (χ4n) is 1.67. The van der Waals surface area contributed by atoms with Crippen LogP contribution in [0.3, 0.4) is 0 Å². The molecule has 0 heterocycles. The quantitative estimate of drug-likeness (QED) is 0.839. The van der Waals surface area contributed by atoms with E-state index >= 15 is 0 Å². The topological polar surface area (TPSA) is 35.2 Å². The zero-order chi connectivity index (χ0) is 12.8. The fourth-order valence-corrected chi connectivity index (χ4v) is 1.94. The van der Waals surface area contributed by atoms with E-state index in [1.807, 2.05) is 0 Å². The van der Waals surface area contributed by atoms with Crippen LogP contribution >= 0.6 is 24.0 Å². The minimum Gasteiger partial charge on any atom is -0.489 e. The Labute approximate surface area is 119 Å². The molecular weight excluding hydrogens is 276 g/mol. The van der Waals surface area contributed by atoms with Gasteiger partial charge in [0.25, 0.3) is 0 Å². The normalized spacial score (nSPS) is 11.8. The molecule has 1 atom stereocenters. The van der Waals surface area contributed by atoms with Crippen LogP contribution in [-0.4, -0.2) is 6.61 Å². The van der Waals surface area contributed by atoms with Crippen LogP contribution in [0.15, 0.2) is 12.1 Å². The molecule has 0 saturated carbocycles. The molecule has 0 aliphatic carbocycles. The summed E-state index contributed by atoms with van der Waals surface area (Å²) in [6.45, 7) is 4.27. The summed E-state index contributed by atoms with van der Waals surface area (Å²) in [5.74, 6) is -0.332. The average molecular weight is 296 g/mol. The molecule has 1 aromatic rings. The number of unbranched alkanes of at least 4 members (excludes halogenated alkanes) is 1. The molecule has 1 aromatic carbocycles. The highest BCUT2D eigenvalue weighted by atomic mass is 35.5. The van der Waals surface area contributed by atoms with Crippen molar-refractivity contribution in [2.75, 3.05) is 6.61 Å². The molecule has 2 N–H and O–H groups in total. The highest BCUT2D eigenvalue weighted by Gasteiger charge is 2.14. The number of halogens is 3. The highest BCUT2D eigenvalue weighted by molar-refractivity contribution is 6.32. The van der Waals surface area contributed by atoms with Gasteiger partial charge in [-0.25, -0.2) is 4.39 Å². The Hall–Kier alpha value is -0.510. The van der Waals surface area contributed by atoms with Crippen molar-refractivity contribution in [2.45, 2.75) is 39.2 Å². The third-order valence-corrected chi connectivity index (χ3v) is 2.89. The van der Waals surface area contributed by atoms with Crippen molar-refractivity contribution in [3.63, 3.8) is 0 Å². The maximum absolute atomic E-state index is 13.7.